The number of hydrogen-bond acceptors (Lipinski definition) is 4. The molecule has 3 heterocycles. The number of methoxy groups -OCH3 is 1. The average Bonchev–Trinajstić information content (AvgIpc) is 3.03. The minimum atomic E-state index is 0.603. The lowest BCUT2D eigenvalue weighted by molar-refractivity contribution is 0.399. The predicted molar refractivity (Wildman–Crippen MR) is 79.5 cm³/mol. The van der Waals surface area contributed by atoms with Gasteiger partial charge in [0, 0.05) is 12.6 Å². The third kappa shape index (κ3) is 2.41. The van der Waals surface area contributed by atoms with E-state index in [2.05, 4.69) is 26.8 Å². The van der Waals surface area contributed by atoms with Crippen LogP contribution in [0.3, 0.4) is 0 Å². The molecule has 1 N–H and O–H groups in total. The summed E-state index contributed by atoms with van der Waals surface area (Å²) in [6.07, 6.45) is 0.948. The number of nitrogens with one attached hydrogen (secondary N) is 1. The molecule has 0 amide bonds. The molecular formula is C13H13N3OS2. The molecule has 0 fully saturated rings. The minimum Gasteiger partial charge on any atom is -0.481 e. The van der Waals surface area contributed by atoms with Crippen molar-refractivity contribution in [3.63, 3.8) is 0 Å². The van der Waals surface area contributed by atoms with E-state index >= 15 is 0 Å². The minimum absolute atomic E-state index is 0.603. The average molecular weight is 291 g/mol. The molecule has 0 aromatic carbocycles. The number of hydrogen-bond donors (Lipinski definition) is 1. The van der Waals surface area contributed by atoms with Crippen molar-refractivity contribution >= 4 is 34.7 Å². The zero-order chi connectivity index (χ0) is 13.2. The van der Waals surface area contributed by atoms with Crippen LogP contribution < -0.4 is 4.74 Å². The first-order chi connectivity index (χ1) is 9.28. The van der Waals surface area contributed by atoms with Crippen LogP contribution in [0.5, 0.6) is 5.88 Å². The smallest absolute Gasteiger partial charge is 0.215 e. The molecule has 4 nitrogen and oxygen atoms in total. The summed E-state index contributed by atoms with van der Waals surface area (Å²) in [6, 6.07) is 5.91. The molecule has 0 aliphatic rings. The first-order valence-electron chi connectivity index (χ1n) is 5.92. The Balaban J connectivity index is 1.97. The third-order valence-corrected chi connectivity index (χ3v) is 4.06. The van der Waals surface area contributed by atoms with E-state index in [0.29, 0.717) is 10.7 Å². The lowest BCUT2D eigenvalue weighted by Crippen LogP contribution is -2.02. The molecule has 0 unspecified atom stereocenters. The second-order valence-electron chi connectivity index (χ2n) is 4.19. The highest BCUT2D eigenvalue weighted by Crippen LogP contribution is 2.17. The van der Waals surface area contributed by atoms with Gasteiger partial charge in [-0.2, -0.15) is 16.3 Å². The van der Waals surface area contributed by atoms with Crippen molar-refractivity contribution in [1.29, 1.82) is 0 Å². The molecule has 3 aromatic heterocycles. The van der Waals surface area contributed by atoms with Crippen LogP contribution in [0.1, 0.15) is 5.56 Å². The van der Waals surface area contributed by atoms with Crippen molar-refractivity contribution in [1.82, 2.24) is 14.5 Å². The second kappa shape index (κ2) is 5.14. The van der Waals surface area contributed by atoms with Gasteiger partial charge in [-0.05, 0) is 47.1 Å². The van der Waals surface area contributed by atoms with Crippen molar-refractivity contribution in [3.05, 3.63) is 39.3 Å². The quantitative estimate of drug-likeness (QED) is 0.749. The fourth-order valence-corrected chi connectivity index (χ4v) is 3.00. The van der Waals surface area contributed by atoms with Crippen LogP contribution in [0, 0.1) is 4.77 Å². The predicted octanol–water partition coefficient (Wildman–Crippen LogP) is 3.41. The molecule has 3 aromatic rings. The van der Waals surface area contributed by atoms with E-state index in [-0.39, 0.29) is 0 Å². The van der Waals surface area contributed by atoms with Crippen LogP contribution in [-0.4, -0.2) is 21.6 Å². The number of fused-ring (bicyclic) bond motifs is 1. The summed E-state index contributed by atoms with van der Waals surface area (Å²) >= 11 is 7.07. The summed E-state index contributed by atoms with van der Waals surface area (Å²) in [7, 11) is 1.62. The van der Waals surface area contributed by atoms with E-state index in [4.69, 9.17) is 17.0 Å². The highest BCUT2D eigenvalue weighted by atomic mass is 32.1. The molecule has 0 aliphatic carbocycles. The van der Waals surface area contributed by atoms with E-state index in [1.54, 1.807) is 18.4 Å². The van der Waals surface area contributed by atoms with Gasteiger partial charge in [0.2, 0.25) is 5.88 Å². The fourth-order valence-electron chi connectivity index (χ4n) is 2.01. The topological polar surface area (TPSA) is 42.8 Å². The van der Waals surface area contributed by atoms with E-state index in [1.807, 2.05) is 16.7 Å². The summed E-state index contributed by atoms with van der Waals surface area (Å²) < 4.78 is 7.88. The lowest BCUT2D eigenvalue weighted by Gasteiger charge is -2.04. The first-order valence-corrected chi connectivity index (χ1v) is 7.27. The normalized spacial score (nSPS) is 11.0. The van der Waals surface area contributed by atoms with Gasteiger partial charge < -0.3 is 14.3 Å². The number of H-pyrrole nitrogens is 1. The Morgan fingerprint density at radius 2 is 2.32 bits per heavy atom. The monoisotopic (exact) mass is 291 g/mol. The van der Waals surface area contributed by atoms with E-state index in [1.165, 1.54) is 5.56 Å². The number of pyridine rings is 1. The largest absolute Gasteiger partial charge is 0.481 e. The molecule has 0 atom stereocenters. The maximum absolute atomic E-state index is 5.36. The van der Waals surface area contributed by atoms with Gasteiger partial charge in [-0.15, -0.1) is 0 Å². The highest BCUT2D eigenvalue weighted by molar-refractivity contribution is 7.71. The van der Waals surface area contributed by atoms with Gasteiger partial charge in [-0.3, -0.25) is 0 Å². The van der Waals surface area contributed by atoms with Crippen molar-refractivity contribution in [2.45, 2.75) is 13.0 Å². The van der Waals surface area contributed by atoms with E-state index in [0.717, 1.165) is 24.1 Å². The van der Waals surface area contributed by atoms with Crippen molar-refractivity contribution in [3.8, 4) is 5.88 Å². The van der Waals surface area contributed by atoms with Gasteiger partial charge >= 0.3 is 0 Å². The Hall–Kier alpha value is -1.66. The Labute approximate surface area is 119 Å². The maximum Gasteiger partial charge on any atom is 0.215 e. The molecule has 0 spiro atoms. The van der Waals surface area contributed by atoms with E-state index < -0.39 is 0 Å². The molecular weight excluding hydrogens is 278 g/mol. The highest BCUT2D eigenvalue weighted by Gasteiger charge is 2.07. The van der Waals surface area contributed by atoms with E-state index in [9.17, 15) is 0 Å². The standard InChI is InChI=1S/C13H13N3OS2/c1-17-11-3-2-10-12(15-11)16(13(18)14-10)6-4-9-5-7-19-8-9/h2-3,5,7-8H,4,6H2,1H3,(H,14,18). The van der Waals surface area contributed by atoms with Gasteiger partial charge in [0.15, 0.2) is 10.4 Å². The van der Waals surface area contributed by atoms with Crippen LogP contribution in [0.2, 0.25) is 0 Å². The van der Waals surface area contributed by atoms with Gasteiger partial charge in [0.1, 0.15) is 0 Å². The fraction of sp³-hybridized carbons (Fsp3) is 0.231. The van der Waals surface area contributed by atoms with Crippen LogP contribution in [-0.2, 0) is 13.0 Å². The summed E-state index contributed by atoms with van der Waals surface area (Å²) in [6.45, 7) is 0.815. The molecule has 0 saturated carbocycles. The number of aryl methyl sites for hydroxylation is 2. The number of aromatic amines is 1. The lowest BCUT2D eigenvalue weighted by atomic mass is 10.2. The number of ether oxygens (including phenoxy) is 1. The Morgan fingerprint density at radius 3 is 3.05 bits per heavy atom. The second-order valence-corrected chi connectivity index (χ2v) is 5.35. The number of thiophene rings is 1. The molecule has 0 saturated heterocycles. The van der Waals surface area contributed by atoms with Crippen molar-refractivity contribution in [2.24, 2.45) is 0 Å². The summed E-state index contributed by atoms with van der Waals surface area (Å²) in [5.41, 5.74) is 3.11. The molecule has 98 valence electrons. The number of imidazole rings is 1. The molecule has 0 radical (unpaired) electrons. The zero-order valence-corrected chi connectivity index (χ0v) is 12.1. The van der Waals surface area contributed by atoms with Gasteiger partial charge in [-0.1, -0.05) is 0 Å². The molecule has 6 heteroatoms. The number of rotatable bonds is 4. The van der Waals surface area contributed by atoms with Crippen LogP contribution >= 0.6 is 23.6 Å². The molecule has 3 rings (SSSR count). The van der Waals surface area contributed by atoms with Crippen LogP contribution in [0.4, 0.5) is 0 Å². The molecule has 0 bridgehead atoms. The summed E-state index contributed by atoms with van der Waals surface area (Å²) in [4.78, 5) is 7.63. The van der Waals surface area contributed by atoms with Gasteiger partial charge in [0.25, 0.3) is 0 Å². The van der Waals surface area contributed by atoms with Gasteiger partial charge in [0.05, 0.1) is 12.6 Å². The van der Waals surface area contributed by atoms with Crippen molar-refractivity contribution in [2.75, 3.05) is 7.11 Å². The van der Waals surface area contributed by atoms with Gasteiger partial charge in [-0.25, -0.2) is 0 Å². The summed E-state index contributed by atoms with van der Waals surface area (Å²) in [5.74, 6) is 0.603. The Kier molecular flexibility index (Phi) is 3.35. The Bertz CT molecular complexity index is 743. The molecule has 19 heavy (non-hydrogen) atoms. The van der Waals surface area contributed by atoms with Crippen LogP contribution in [0.25, 0.3) is 11.2 Å². The number of nitrogens with zero attached hydrogens (tertiary/aromatic N) is 2. The first kappa shape index (κ1) is 12.4. The van der Waals surface area contributed by atoms with Crippen molar-refractivity contribution < 1.29 is 4.74 Å². The van der Waals surface area contributed by atoms with Crippen LogP contribution in [0.15, 0.2) is 29.0 Å². The zero-order valence-electron chi connectivity index (χ0n) is 10.4. The Morgan fingerprint density at radius 1 is 1.42 bits per heavy atom. The third-order valence-electron chi connectivity index (χ3n) is 3.01. The number of aromatic nitrogens is 3. The maximum atomic E-state index is 5.36. The molecule has 0 aliphatic heterocycles. The SMILES string of the molecule is COc1ccc2[nH]c(=S)n(CCc3ccsc3)c2n1. The summed E-state index contributed by atoms with van der Waals surface area (Å²) in [5, 5.41) is 4.25.